The first-order chi connectivity index (χ1) is 14.5. The van der Waals surface area contributed by atoms with Gasteiger partial charge in [-0.3, -0.25) is 14.4 Å². The van der Waals surface area contributed by atoms with Crippen LogP contribution in [0.1, 0.15) is 38.1 Å². The Bertz CT molecular complexity index is 1200. The number of aromatic nitrogens is 2. The van der Waals surface area contributed by atoms with Crippen LogP contribution in [0.5, 0.6) is 0 Å². The quantitative estimate of drug-likeness (QED) is 0.685. The lowest BCUT2D eigenvalue weighted by atomic mass is 10.0. The zero-order valence-electron chi connectivity index (χ0n) is 16.8. The third-order valence-electron chi connectivity index (χ3n) is 5.80. The Morgan fingerprint density at radius 1 is 1.30 bits per heavy atom. The van der Waals surface area contributed by atoms with Crippen LogP contribution in [0.15, 0.2) is 24.5 Å². The van der Waals surface area contributed by atoms with E-state index in [1.165, 1.54) is 16.2 Å². The molecule has 5 rings (SSSR count). The highest BCUT2D eigenvalue weighted by Gasteiger charge is 2.37. The molecule has 0 atom stereocenters. The van der Waals surface area contributed by atoms with E-state index in [1.54, 1.807) is 29.2 Å². The first kappa shape index (κ1) is 18.8. The molecule has 8 nitrogen and oxygen atoms in total. The zero-order valence-corrected chi connectivity index (χ0v) is 17.6. The highest BCUT2D eigenvalue weighted by atomic mass is 32.1. The van der Waals surface area contributed by atoms with Crippen LogP contribution in [0, 0.1) is 0 Å². The van der Waals surface area contributed by atoms with E-state index in [-0.39, 0.29) is 24.3 Å². The number of hydrogen-bond acceptors (Lipinski definition) is 5. The number of nitrogens with zero attached hydrogens (tertiary/aromatic N) is 4. The van der Waals surface area contributed by atoms with Crippen molar-refractivity contribution in [3.63, 3.8) is 0 Å². The van der Waals surface area contributed by atoms with E-state index in [1.807, 2.05) is 19.1 Å². The van der Waals surface area contributed by atoms with Crippen molar-refractivity contribution < 1.29 is 14.4 Å². The summed E-state index contributed by atoms with van der Waals surface area (Å²) in [6, 6.07) is 3.70. The van der Waals surface area contributed by atoms with Crippen LogP contribution in [-0.4, -0.2) is 64.2 Å². The lowest BCUT2D eigenvalue weighted by molar-refractivity contribution is -0.118. The fourth-order valence-corrected chi connectivity index (χ4v) is 5.70. The van der Waals surface area contributed by atoms with E-state index in [4.69, 9.17) is 0 Å². The summed E-state index contributed by atoms with van der Waals surface area (Å²) in [5.41, 5.74) is 2.89. The van der Waals surface area contributed by atoms with Gasteiger partial charge in [0.15, 0.2) is 0 Å². The first-order valence-corrected chi connectivity index (χ1v) is 10.7. The standard InChI is InChI=1S/C21H21N5O3S/c1-3-26-16(27)11-24(2)20(29)17-13-6-8-25(10-15(13)30-21(17)26)19(28)14-9-23-18-12(14)5-4-7-22-18/h4-5,7,9H,3,6,8,10-11H2,1-2H3,(H,22,23). The second-order valence-electron chi connectivity index (χ2n) is 7.56. The van der Waals surface area contributed by atoms with Crippen LogP contribution >= 0.6 is 11.3 Å². The Balaban J connectivity index is 1.51. The maximum Gasteiger partial charge on any atom is 0.257 e. The summed E-state index contributed by atoms with van der Waals surface area (Å²) < 4.78 is 0. The van der Waals surface area contributed by atoms with E-state index in [0.29, 0.717) is 47.8 Å². The Morgan fingerprint density at radius 3 is 2.93 bits per heavy atom. The van der Waals surface area contributed by atoms with Gasteiger partial charge in [-0.2, -0.15) is 0 Å². The highest BCUT2D eigenvalue weighted by Crippen LogP contribution is 2.41. The second-order valence-corrected chi connectivity index (χ2v) is 8.65. The summed E-state index contributed by atoms with van der Waals surface area (Å²) >= 11 is 1.46. The van der Waals surface area contributed by atoms with E-state index in [2.05, 4.69) is 9.97 Å². The molecule has 0 fully saturated rings. The van der Waals surface area contributed by atoms with Crippen molar-refractivity contribution in [3.8, 4) is 0 Å². The normalized spacial score (nSPS) is 16.7. The molecule has 3 amide bonds. The van der Waals surface area contributed by atoms with Gasteiger partial charge in [0.1, 0.15) is 17.2 Å². The molecule has 0 saturated heterocycles. The van der Waals surface area contributed by atoms with Gasteiger partial charge < -0.3 is 19.7 Å². The second kappa shape index (κ2) is 6.94. The van der Waals surface area contributed by atoms with Crippen molar-refractivity contribution in [2.45, 2.75) is 19.9 Å². The van der Waals surface area contributed by atoms with E-state index < -0.39 is 0 Å². The van der Waals surface area contributed by atoms with Gasteiger partial charge in [0.2, 0.25) is 5.91 Å². The Morgan fingerprint density at radius 2 is 2.13 bits per heavy atom. The van der Waals surface area contributed by atoms with E-state index in [0.717, 1.165) is 15.8 Å². The van der Waals surface area contributed by atoms with Crippen molar-refractivity contribution in [1.29, 1.82) is 0 Å². The van der Waals surface area contributed by atoms with Gasteiger partial charge in [-0.15, -0.1) is 11.3 Å². The number of carbonyl (C=O) groups is 3. The van der Waals surface area contributed by atoms with E-state index >= 15 is 0 Å². The van der Waals surface area contributed by atoms with Crippen LogP contribution in [0.2, 0.25) is 0 Å². The molecule has 0 bridgehead atoms. The van der Waals surface area contributed by atoms with Crippen LogP contribution in [0.25, 0.3) is 11.0 Å². The molecule has 0 radical (unpaired) electrons. The summed E-state index contributed by atoms with van der Waals surface area (Å²) in [5.74, 6) is -0.255. The number of amides is 3. The lowest BCUT2D eigenvalue weighted by Crippen LogP contribution is -2.38. The minimum absolute atomic E-state index is 0.0598. The maximum atomic E-state index is 13.2. The Hall–Kier alpha value is -3.20. The number of hydrogen-bond donors (Lipinski definition) is 1. The number of anilines is 1. The molecular weight excluding hydrogens is 402 g/mol. The van der Waals surface area contributed by atoms with Crippen molar-refractivity contribution >= 4 is 45.1 Å². The molecule has 0 aromatic carbocycles. The molecule has 0 unspecified atom stereocenters. The molecule has 0 saturated carbocycles. The molecule has 30 heavy (non-hydrogen) atoms. The summed E-state index contributed by atoms with van der Waals surface area (Å²) in [6.07, 6.45) is 3.99. The predicted molar refractivity (Wildman–Crippen MR) is 114 cm³/mol. The van der Waals surface area contributed by atoms with E-state index in [9.17, 15) is 14.4 Å². The predicted octanol–water partition coefficient (Wildman–Crippen LogP) is 2.26. The number of aromatic amines is 1. The number of rotatable bonds is 2. The Kier molecular flexibility index (Phi) is 4.35. The van der Waals surface area contributed by atoms with Crippen LogP contribution in [0.3, 0.4) is 0 Å². The van der Waals surface area contributed by atoms with Gasteiger partial charge in [-0.25, -0.2) is 4.98 Å². The molecule has 5 heterocycles. The zero-order chi connectivity index (χ0) is 21.0. The summed E-state index contributed by atoms with van der Waals surface area (Å²) in [7, 11) is 1.66. The molecule has 1 N–H and O–H groups in total. The number of thiophene rings is 1. The smallest absolute Gasteiger partial charge is 0.257 e. The van der Waals surface area contributed by atoms with Gasteiger partial charge in [0.05, 0.1) is 17.7 Å². The lowest BCUT2D eigenvalue weighted by Gasteiger charge is -2.27. The first-order valence-electron chi connectivity index (χ1n) is 9.91. The minimum Gasteiger partial charge on any atom is -0.345 e. The number of nitrogens with one attached hydrogen (secondary N) is 1. The van der Waals surface area contributed by atoms with Gasteiger partial charge in [0, 0.05) is 42.8 Å². The molecule has 154 valence electrons. The summed E-state index contributed by atoms with van der Waals surface area (Å²) in [6.45, 7) is 3.47. The third-order valence-corrected chi connectivity index (χ3v) is 7.04. The number of likely N-dealkylation sites (N-methyl/N-ethyl adjacent to an activating group) is 2. The van der Waals surface area contributed by atoms with Gasteiger partial charge in [0.25, 0.3) is 11.8 Å². The average Bonchev–Trinajstić information content (AvgIpc) is 3.32. The molecule has 2 aliphatic rings. The van der Waals surface area contributed by atoms with Crippen LogP contribution in [-0.2, 0) is 17.8 Å². The Labute approximate surface area is 177 Å². The fraction of sp³-hybridized carbons (Fsp3) is 0.333. The van der Waals surface area contributed by atoms with Gasteiger partial charge in [-0.05, 0) is 31.0 Å². The molecule has 2 aliphatic heterocycles. The van der Waals surface area contributed by atoms with Crippen molar-refractivity contribution in [3.05, 3.63) is 46.1 Å². The van der Waals surface area contributed by atoms with Gasteiger partial charge in [-0.1, -0.05) is 0 Å². The molecule has 0 aliphatic carbocycles. The van der Waals surface area contributed by atoms with Gasteiger partial charge >= 0.3 is 0 Å². The SMILES string of the molecule is CCN1C(=O)CN(C)C(=O)c2c1sc1c2CCN(C(=O)c2c[nH]c3ncccc23)C1. The van der Waals surface area contributed by atoms with Crippen molar-refractivity contribution in [2.75, 3.05) is 31.6 Å². The van der Waals surface area contributed by atoms with Crippen molar-refractivity contribution in [2.24, 2.45) is 0 Å². The molecule has 0 spiro atoms. The van der Waals surface area contributed by atoms with Crippen LogP contribution < -0.4 is 4.90 Å². The highest BCUT2D eigenvalue weighted by molar-refractivity contribution is 7.17. The number of fused-ring (bicyclic) bond motifs is 4. The van der Waals surface area contributed by atoms with Crippen LogP contribution in [0.4, 0.5) is 5.00 Å². The summed E-state index contributed by atoms with van der Waals surface area (Å²) in [5, 5.41) is 1.52. The third kappa shape index (κ3) is 2.72. The largest absolute Gasteiger partial charge is 0.345 e. The number of pyridine rings is 1. The topological polar surface area (TPSA) is 89.6 Å². The fourth-order valence-electron chi connectivity index (χ4n) is 4.26. The summed E-state index contributed by atoms with van der Waals surface area (Å²) in [4.78, 5) is 52.1. The minimum atomic E-state index is -0.116. The molecular formula is C21H21N5O3S. The number of H-pyrrole nitrogens is 1. The molecule has 3 aromatic rings. The molecule has 3 aromatic heterocycles. The number of carbonyl (C=O) groups excluding carboxylic acids is 3. The molecule has 9 heteroatoms. The maximum absolute atomic E-state index is 13.2. The average molecular weight is 423 g/mol. The van der Waals surface area contributed by atoms with Crippen molar-refractivity contribution in [1.82, 2.24) is 19.8 Å². The monoisotopic (exact) mass is 423 g/mol.